The molecule has 1 aromatic rings. The number of hydrogen-bond donors (Lipinski definition) is 2. The lowest BCUT2D eigenvalue weighted by atomic mass is 10.3. The maximum absolute atomic E-state index is 5.29. The number of hydrogen-bond acceptors (Lipinski definition) is 6. The van der Waals surface area contributed by atoms with E-state index in [9.17, 15) is 0 Å². The zero-order chi connectivity index (χ0) is 12.0. The third-order valence-electron chi connectivity index (χ3n) is 2.25. The highest BCUT2D eigenvalue weighted by Gasteiger charge is 2.04. The van der Waals surface area contributed by atoms with Crippen LogP contribution in [0.3, 0.4) is 0 Å². The summed E-state index contributed by atoms with van der Waals surface area (Å²) < 4.78 is 0. The van der Waals surface area contributed by atoms with Gasteiger partial charge in [-0.2, -0.15) is 0 Å². The van der Waals surface area contributed by atoms with Crippen LogP contribution in [0, 0.1) is 0 Å². The molecule has 0 atom stereocenters. The molecule has 1 heterocycles. The predicted molar refractivity (Wildman–Crippen MR) is 69.4 cm³/mol. The first-order valence-corrected chi connectivity index (χ1v) is 6.18. The lowest BCUT2D eigenvalue weighted by Crippen LogP contribution is -2.23. The summed E-state index contributed by atoms with van der Waals surface area (Å²) in [6.45, 7) is 3.16. The van der Waals surface area contributed by atoms with Crippen LogP contribution in [0.5, 0.6) is 0 Å². The number of hydrazine groups is 1. The van der Waals surface area contributed by atoms with Crippen LogP contribution in [0.15, 0.2) is 6.20 Å². The SMILES string of the molecule is CN(C)CCCN(C)Cc1cnc(NN)s1. The number of anilines is 1. The van der Waals surface area contributed by atoms with Crippen LogP contribution in [-0.4, -0.2) is 49.0 Å². The summed E-state index contributed by atoms with van der Waals surface area (Å²) >= 11 is 1.60. The van der Waals surface area contributed by atoms with E-state index in [1.807, 2.05) is 6.20 Å². The molecule has 0 amide bonds. The van der Waals surface area contributed by atoms with E-state index in [1.165, 1.54) is 11.3 Å². The summed E-state index contributed by atoms with van der Waals surface area (Å²) in [6, 6.07) is 0. The predicted octanol–water partition coefficient (Wildman–Crippen LogP) is 0.812. The Hall–Kier alpha value is -0.690. The molecule has 92 valence electrons. The van der Waals surface area contributed by atoms with E-state index >= 15 is 0 Å². The van der Waals surface area contributed by atoms with Gasteiger partial charge >= 0.3 is 0 Å². The van der Waals surface area contributed by atoms with Gasteiger partial charge in [0.15, 0.2) is 5.13 Å². The minimum Gasteiger partial charge on any atom is -0.309 e. The topological polar surface area (TPSA) is 57.4 Å². The number of aromatic nitrogens is 1. The minimum absolute atomic E-state index is 0.775. The van der Waals surface area contributed by atoms with Gasteiger partial charge in [-0.05, 0) is 40.7 Å². The second-order valence-corrected chi connectivity index (χ2v) is 5.29. The van der Waals surface area contributed by atoms with Gasteiger partial charge in [-0.15, -0.1) is 0 Å². The number of thiazole rings is 1. The van der Waals surface area contributed by atoms with Gasteiger partial charge < -0.3 is 9.80 Å². The molecule has 3 N–H and O–H groups in total. The van der Waals surface area contributed by atoms with Gasteiger partial charge in [0.1, 0.15) is 0 Å². The molecule has 0 saturated heterocycles. The van der Waals surface area contributed by atoms with Crippen LogP contribution in [0.25, 0.3) is 0 Å². The lowest BCUT2D eigenvalue weighted by Gasteiger charge is -2.16. The number of nitrogen functional groups attached to an aromatic ring is 1. The van der Waals surface area contributed by atoms with Crippen molar-refractivity contribution in [3.05, 3.63) is 11.1 Å². The van der Waals surface area contributed by atoms with E-state index in [-0.39, 0.29) is 0 Å². The highest BCUT2D eigenvalue weighted by molar-refractivity contribution is 7.15. The van der Waals surface area contributed by atoms with Crippen LogP contribution in [-0.2, 0) is 6.54 Å². The lowest BCUT2D eigenvalue weighted by molar-refractivity contribution is 0.296. The van der Waals surface area contributed by atoms with Crippen LogP contribution in [0.4, 0.5) is 5.13 Å². The molecule has 5 nitrogen and oxygen atoms in total. The molecule has 0 unspecified atom stereocenters. The van der Waals surface area contributed by atoms with Crippen molar-refractivity contribution in [2.75, 3.05) is 39.7 Å². The number of nitrogens with two attached hydrogens (primary N) is 1. The molecule has 0 radical (unpaired) electrons. The molecule has 0 aliphatic carbocycles. The molecule has 0 saturated carbocycles. The van der Waals surface area contributed by atoms with E-state index < -0.39 is 0 Å². The first-order valence-electron chi connectivity index (χ1n) is 5.36. The van der Waals surface area contributed by atoms with Gasteiger partial charge in [0, 0.05) is 17.6 Å². The van der Waals surface area contributed by atoms with Crippen LogP contribution < -0.4 is 11.3 Å². The Bertz CT molecular complexity index is 299. The van der Waals surface area contributed by atoms with Crippen LogP contribution >= 0.6 is 11.3 Å². The Morgan fingerprint density at radius 3 is 2.69 bits per heavy atom. The molecular weight excluding hydrogens is 222 g/mol. The molecule has 0 aromatic carbocycles. The maximum Gasteiger partial charge on any atom is 0.197 e. The fraction of sp³-hybridized carbons (Fsp3) is 0.700. The molecule has 0 spiro atoms. The van der Waals surface area contributed by atoms with Gasteiger partial charge in [0.25, 0.3) is 0 Å². The summed E-state index contributed by atoms with van der Waals surface area (Å²) in [5, 5.41) is 0.775. The standard InChI is InChI=1S/C10H21N5S/c1-14(2)5-4-6-15(3)8-9-7-12-10(13-11)16-9/h7H,4-6,8,11H2,1-3H3,(H,12,13). The summed E-state index contributed by atoms with van der Waals surface area (Å²) in [7, 11) is 6.33. The molecule has 0 aliphatic heterocycles. The van der Waals surface area contributed by atoms with Crippen molar-refractivity contribution in [1.82, 2.24) is 14.8 Å². The van der Waals surface area contributed by atoms with Gasteiger partial charge in [0.2, 0.25) is 0 Å². The van der Waals surface area contributed by atoms with Crippen molar-refractivity contribution >= 4 is 16.5 Å². The number of rotatable bonds is 7. The Kier molecular flexibility index (Phi) is 5.68. The maximum atomic E-state index is 5.29. The highest BCUT2D eigenvalue weighted by atomic mass is 32.1. The second kappa shape index (κ2) is 6.80. The molecule has 6 heteroatoms. The van der Waals surface area contributed by atoms with E-state index in [0.717, 1.165) is 24.8 Å². The molecule has 0 aliphatic rings. The molecular formula is C10H21N5S. The Balaban J connectivity index is 2.25. The fourth-order valence-corrected chi connectivity index (χ4v) is 2.25. The van der Waals surface area contributed by atoms with Crippen molar-refractivity contribution in [3.63, 3.8) is 0 Å². The average Bonchev–Trinajstić information content (AvgIpc) is 2.65. The van der Waals surface area contributed by atoms with E-state index in [4.69, 9.17) is 5.84 Å². The summed E-state index contributed by atoms with van der Waals surface area (Å²) in [5.74, 6) is 5.29. The van der Waals surface area contributed by atoms with Crippen LogP contribution in [0.1, 0.15) is 11.3 Å². The molecule has 16 heavy (non-hydrogen) atoms. The largest absolute Gasteiger partial charge is 0.309 e. The third kappa shape index (κ3) is 4.89. The summed E-state index contributed by atoms with van der Waals surface area (Å²) in [5.41, 5.74) is 2.56. The van der Waals surface area contributed by atoms with Crippen molar-refractivity contribution in [2.45, 2.75) is 13.0 Å². The Morgan fingerprint density at radius 2 is 2.12 bits per heavy atom. The second-order valence-electron chi connectivity index (χ2n) is 4.17. The molecule has 1 rings (SSSR count). The van der Waals surface area contributed by atoms with Crippen molar-refractivity contribution < 1.29 is 0 Å². The monoisotopic (exact) mass is 243 g/mol. The fourth-order valence-electron chi connectivity index (χ4n) is 1.45. The van der Waals surface area contributed by atoms with Crippen molar-refractivity contribution in [2.24, 2.45) is 5.84 Å². The van der Waals surface area contributed by atoms with Gasteiger partial charge in [-0.25, -0.2) is 10.8 Å². The smallest absolute Gasteiger partial charge is 0.197 e. The Morgan fingerprint density at radius 1 is 1.38 bits per heavy atom. The first-order chi connectivity index (χ1) is 7.61. The van der Waals surface area contributed by atoms with Gasteiger partial charge in [-0.1, -0.05) is 11.3 Å². The van der Waals surface area contributed by atoms with Crippen molar-refractivity contribution in [3.8, 4) is 0 Å². The minimum atomic E-state index is 0.775. The zero-order valence-corrected chi connectivity index (χ0v) is 11.0. The molecule has 1 aromatic heterocycles. The Labute approximate surface area is 101 Å². The first kappa shape index (κ1) is 13.4. The third-order valence-corrected chi connectivity index (χ3v) is 3.16. The van der Waals surface area contributed by atoms with Crippen LogP contribution in [0.2, 0.25) is 0 Å². The zero-order valence-electron chi connectivity index (χ0n) is 10.2. The quantitative estimate of drug-likeness (QED) is 0.548. The number of nitrogens with zero attached hydrogens (tertiary/aromatic N) is 3. The normalized spacial score (nSPS) is 11.4. The van der Waals surface area contributed by atoms with E-state index in [0.29, 0.717) is 0 Å². The molecule has 0 fully saturated rings. The average molecular weight is 243 g/mol. The summed E-state index contributed by atoms with van der Waals surface area (Å²) in [6.07, 6.45) is 3.06. The van der Waals surface area contributed by atoms with Gasteiger partial charge in [-0.3, -0.25) is 5.43 Å². The van der Waals surface area contributed by atoms with E-state index in [2.05, 4.69) is 41.4 Å². The summed E-state index contributed by atoms with van der Waals surface area (Å²) in [4.78, 5) is 9.89. The van der Waals surface area contributed by atoms with E-state index in [1.54, 1.807) is 11.3 Å². The van der Waals surface area contributed by atoms with Gasteiger partial charge in [0.05, 0.1) is 0 Å². The number of nitrogens with one attached hydrogen (secondary N) is 1. The molecule has 0 bridgehead atoms. The highest BCUT2D eigenvalue weighted by Crippen LogP contribution is 2.17. The van der Waals surface area contributed by atoms with Crippen molar-refractivity contribution in [1.29, 1.82) is 0 Å².